The van der Waals surface area contributed by atoms with Gasteiger partial charge in [-0.3, -0.25) is 0 Å². The Bertz CT molecular complexity index is 256. The molecule has 80 valence electrons. The normalized spacial score (nSPS) is 24.6. The van der Waals surface area contributed by atoms with Crippen LogP contribution in [-0.4, -0.2) is 25.7 Å². The Morgan fingerprint density at radius 1 is 1.64 bits per heavy atom. The summed E-state index contributed by atoms with van der Waals surface area (Å²) in [5.74, 6) is -0.248. The third-order valence-electron chi connectivity index (χ3n) is 2.79. The molecule has 0 saturated heterocycles. The number of rotatable bonds is 4. The minimum absolute atomic E-state index is 0.248. The van der Waals surface area contributed by atoms with Crippen LogP contribution in [0.5, 0.6) is 0 Å². The van der Waals surface area contributed by atoms with Gasteiger partial charge in [0.25, 0.3) is 0 Å². The highest BCUT2D eigenvalue weighted by molar-refractivity contribution is 5.87. The first-order valence-electron chi connectivity index (χ1n) is 4.96. The summed E-state index contributed by atoms with van der Waals surface area (Å²) in [6, 6.07) is 0.601. The number of ether oxygens (including phenoxy) is 1. The van der Waals surface area contributed by atoms with E-state index in [-0.39, 0.29) is 5.97 Å². The summed E-state index contributed by atoms with van der Waals surface area (Å²) in [5.41, 5.74) is 1.10. The summed E-state index contributed by atoms with van der Waals surface area (Å²) in [5, 5.41) is 3.37. The fraction of sp³-hybridized carbons (Fsp3) is 0.727. The van der Waals surface area contributed by atoms with Crippen LogP contribution in [0.15, 0.2) is 11.6 Å². The van der Waals surface area contributed by atoms with Gasteiger partial charge in [0.15, 0.2) is 0 Å². The van der Waals surface area contributed by atoms with Crippen molar-refractivity contribution in [1.82, 2.24) is 5.32 Å². The Labute approximate surface area is 85.5 Å². The standard InChI is InChI=1S/C11H19NO2/c1-8(10(13)14-4)5-6-12-9-7-11(9,2)3/h5,9,12H,6-7H2,1-4H3. The van der Waals surface area contributed by atoms with E-state index >= 15 is 0 Å². The van der Waals surface area contributed by atoms with Crippen LogP contribution in [-0.2, 0) is 9.53 Å². The van der Waals surface area contributed by atoms with Crippen LogP contribution in [0.3, 0.4) is 0 Å². The molecule has 1 atom stereocenters. The smallest absolute Gasteiger partial charge is 0.333 e. The number of esters is 1. The summed E-state index contributed by atoms with van der Waals surface area (Å²) in [6.45, 7) is 6.99. The molecule has 0 heterocycles. The van der Waals surface area contributed by atoms with Crippen molar-refractivity contribution in [2.45, 2.75) is 33.2 Å². The summed E-state index contributed by atoms with van der Waals surface area (Å²) in [4.78, 5) is 11.0. The molecule has 0 amide bonds. The Morgan fingerprint density at radius 2 is 2.21 bits per heavy atom. The second kappa shape index (κ2) is 4.13. The SMILES string of the molecule is COC(=O)C(C)=CCNC1CC1(C)C. The van der Waals surface area contributed by atoms with E-state index in [4.69, 9.17) is 0 Å². The highest BCUT2D eigenvalue weighted by Crippen LogP contribution is 2.44. The predicted octanol–water partition coefficient (Wildman–Crippen LogP) is 1.49. The highest BCUT2D eigenvalue weighted by atomic mass is 16.5. The Kier molecular flexibility index (Phi) is 3.32. The monoisotopic (exact) mass is 197 g/mol. The second-order valence-corrected chi connectivity index (χ2v) is 4.53. The van der Waals surface area contributed by atoms with Crippen molar-refractivity contribution in [3.05, 3.63) is 11.6 Å². The summed E-state index contributed by atoms with van der Waals surface area (Å²) in [7, 11) is 1.40. The van der Waals surface area contributed by atoms with Crippen LogP contribution >= 0.6 is 0 Å². The molecule has 1 saturated carbocycles. The molecule has 3 heteroatoms. The van der Waals surface area contributed by atoms with Gasteiger partial charge in [-0.05, 0) is 18.8 Å². The zero-order valence-corrected chi connectivity index (χ0v) is 9.39. The van der Waals surface area contributed by atoms with E-state index in [2.05, 4.69) is 23.9 Å². The van der Waals surface area contributed by atoms with Gasteiger partial charge in [-0.25, -0.2) is 4.79 Å². The molecule has 0 aromatic rings. The molecular weight excluding hydrogens is 178 g/mol. The summed E-state index contributed by atoms with van der Waals surface area (Å²) >= 11 is 0. The average molecular weight is 197 g/mol. The van der Waals surface area contributed by atoms with Gasteiger partial charge < -0.3 is 10.1 Å². The maximum Gasteiger partial charge on any atom is 0.333 e. The van der Waals surface area contributed by atoms with Crippen LogP contribution in [0.2, 0.25) is 0 Å². The molecule has 1 aliphatic rings. The number of methoxy groups -OCH3 is 1. The van der Waals surface area contributed by atoms with E-state index in [1.165, 1.54) is 13.5 Å². The second-order valence-electron chi connectivity index (χ2n) is 4.53. The number of carbonyl (C=O) groups is 1. The number of nitrogens with one attached hydrogen (secondary N) is 1. The quantitative estimate of drug-likeness (QED) is 0.548. The largest absolute Gasteiger partial charge is 0.466 e. The van der Waals surface area contributed by atoms with Crippen LogP contribution in [0.4, 0.5) is 0 Å². The Balaban J connectivity index is 2.24. The molecule has 1 unspecified atom stereocenters. The molecule has 14 heavy (non-hydrogen) atoms. The minimum Gasteiger partial charge on any atom is -0.466 e. The molecule has 0 bridgehead atoms. The topological polar surface area (TPSA) is 38.3 Å². The molecule has 0 aromatic heterocycles. The first-order chi connectivity index (χ1) is 6.47. The van der Waals surface area contributed by atoms with Crippen LogP contribution in [0.25, 0.3) is 0 Å². The lowest BCUT2D eigenvalue weighted by Crippen LogP contribution is -2.21. The van der Waals surface area contributed by atoms with Crippen molar-refractivity contribution in [1.29, 1.82) is 0 Å². The van der Waals surface area contributed by atoms with Crippen molar-refractivity contribution in [2.75, 3.05) is 13.7 Å². The van der Waals surface area contributed by atoms with E-state index in [1.807, 2.05) is 6.08 Å². The molecule has 0 spiro atoms. The van der Waals surface area contributed by atoms with E-state index in [0.29, 0.717) is 17.0 Å². The van der Waals surface area contributed by atoms with Crippen molar-refractivity contribution >= 4 is 5.97 Å². The van der Waals surface area contributed by atoms with Gasteiger partial charge >= 0.3 is 5.97 Å². The van der Waals surface area contributed by atoms with Crippen LogP contribution in [0, 0.1) is 5.41 Å². The lowest BCUT2D eigenvalue weighted by molar-refractivity contribution is -0.136. The van der Waals surface area contributed by atoms with Crippen molar-refractivity contribution in [3.8, 4) is 0 Å². The van der Waals surface area contributed by atoms with Crippen LogP contribution in [0.1, 0.15) is 27.2 Å². The van der Waals surface area contributed by atoms with Crippen molar-refractivity contribution in [3.63, 3.8) is 0 Å². The molecule has 1 fully saturated rings. The number of hydrogen-bond donors (Lipinski definition) is 1. The van der Waals surface area contributed by atoms with Crippen molar-refractivity contribution < 1.29 is 9.53 Å². The fourth-order valence-electron chi connectivity index (χ4n) is 1.41. The average Bonchev–Trinajstić information content (AvgIpc) is 2.72. The number of carbonyl (C=O) groups excluding carboxylic acids is 1. The Morgan fingerprint density at radius 3 is 2.64 bits per heavy atom. The Hall–Kier alpha value is -0.830. The third kappa shape index (κ3) is 2.84. The first-order valence-corrected chi connectivity index (χ1v) is 4.96. The number of hydrogen-bond acceptors (Lipinski definition) is 3. The van der Waals surface area contributed by atoms with Gasteiger partial charge in [0.05, 0.1) is 7.11 Å². The zero-order valence-electron chi connectivity index (χ0n) is 9.39. The molecule has 0 aliphatic heterocycles. The molecule has 0 radical (unpaired) electrons. The van der Waals surface area contributed by atoms with E-state index in [9.17, 15) is 4.79 Å². The summed E-state index contributed by atoms with van der Waals surface area (Å²) in [6.07, 6.45) is 3.10. The zero-order chi connectivity index (χ0) is 10.8. The van der Waals surface area contributed by atoms with E-state index in [1.54, 1.807) is 6.92 Å². The fourth-order valence-corrected chi connectivity index (χ4v) is 1.41. The van der Waals surface area contributed by atoms with Crippen LogP contribution < -0.4 is 5.32 Å². The van der Waals surface area contributed by atoms with Gasteiger partial charge in [0, 0.05) is 18.2 Å². The van der Waals surface area contributed by atoms with Gasteiger partial charge in [-0.15, -0.1) is 0 Å². The highest BCUT2D eigenvalue weighted by Gasteiger charge is 2.44. The van der Waals surface area contributed by atoms with Gasteiger partial charge in [0.1, 0.15) is 0 Å². The van der Waals surface area contributed by atoms with Gasteiger partial charge in [0.2, 0.25) is 0 Å². The molecule has 1 rings (SSSR count). The van der Waals surface area contributed by atoms with Gasteiger partial charge in [-0.2, -0.15) is 0 Å². The minimum atomic E-state index is -0.248. The lowest BCUT2D eigenvalue weighted by atomic mass is 10.2. The first kappa shape index (κ1) is 11.2. The maximum atomic E-state index is 11.0. The predicted molar refractivity (Wildman–Crippen MR) is 56.0 cm³/mol. The van der Waals surface area contributed by atoms with Crippen molar-refractivity contribution in [2.24, 2.45) is 5.41 Å². The molecule has 1 N–H and O–H groups in total. The van der Waals surface area contributed by atoms with E-state index < -0.39 is 0 Å². The third-order valence-corrected chi connectivity index (χ3v) is 2.79. The van der Waals surface area contributed by atoms with E-state index in [0.717, 1.165) is 6.54 Å². The maximum absolute atomic E-state index is 11.0. The van der Waals surface area contributed by atoms with Gasteiger partial charge in [-0.1, -0.05) is 19.9 Å². The lowest BCUT2D eigenvalue weighted by Gasteiger charge is -2.04. The molecule has 0 aromatic carbocycles. The summed E-state index contributed by atoms with van der Waals surface area (Å²) < 4.78 is 4.59. The molecular formula is C11H19NO2. The molecule has 3 nitrogen and oxygen atoms in total. The molecule has 1 aliphatic carbocycles.